The van der Waals surface area contributed by atoms with Crippen LogP contribution in [0.4, 0.5) is 4.39 Å². The van der Waals surface area contributed by atoms with Crippen LogP contribution in [-0.4, -0.2) is 12.6 Å². The molecule has 2 nitrogen and oxygen atoms in total. The molecule has 3 heteroatoms. The molecule has 0 fully saturated rings. The number of ether oxygens (including phenoxy) is 1. The highest BCUT2D eigenvalue weighted by Crippen LogP contribution is 2.27. The predicted molar refractivity (Wildman–Crippen MR) is 74.5 cm³/mol. The topological polar surface area (TPSA) is 26.3 Å². The van der Waals surface area contributed by atoms with Crippen LogP contribution in [0.5, 0.6) is 0 Å². The van der Waals surface area contributed by atoms with Gasteiger partial charge in [-0.2, -0.15) is 0 Å². The first kappa shape index (κ1) is 15.7. The maximum absolute atomic E-state index is 13.8. The molecule has 0 aromatic heterocycles. The average Bonchev–Trinajstić information content (AvgIpc) is 2.36. The zero-order valence-corrected chi connectivity index (χ0v) is 12.0. The van der Waals surface area contributed by atoms with Crippen LogP contribution in [0.15, 0.2) is 24.3 Å². The van der Waals surface area contributed by atoms with Gasteiger partial charge in [0.1, 0.15) is 5.82 Å². The molecule has 1 aromatic rings. The summed E-state index contributed by atoms with van der Waals surface area (Å²) in [6.07, 6.45) is 1.95. The van der Waals surface area contributed by atoms with E-state index in [2.05, 4.69) is 0 Å². The minimum absolute atomic E-state index is 0.0918. The molecule has 0 spiro atoms. The Hall–Kier alpha value is -1.38. The molecule has 0 aliphatic heterocycles. The predicted octanol–water partition coefficient (Wildman–Crippen LogP) is 4.30. The van der Waals surface area contributed by atoms with Crippen LogP contribution < -0.4 is 0 Å². The van der Waals surface area contributed by atoms with E-state index in [9.17, 15) is 9.18 Å². The van der Waals surface area contributed by atoms with Crippen molar-refractivity contribution in [2.45, 2.75) is 46.0 Å². The molecule has 0 heterocycles. The van der Waals surface area contributed by atoms with Gasteiger partial charge in [-0.25, -0.2) is 4.39 Å². The first-order chi connectivity index (χ1) is 9.04. The Kier molecular flexibility index (Phi) is 6.54. The Balaban J connectivity index is 2.68. The van der Waals surface area contributed by atoms with Gasteiger partial charge < -0.3 is 4.74 Å². The normalized spacial score (nSPS) is 12.5. The van der Waals surface area contributed by atoms with Gasteiger partial charge in [-0.05, 0) is 29.9 Å². The van der Waals surface area contributed by atoms with Crippen LogP contribution in [0.25, 0.3) is 0 Å². The molecule has 0 radical (unpaired) electrons. The van der Waals surface area contributed by atoms with E-state index in [-0.39, 0.29) is 24.1 Å². The summed E-state index contributed by atoms with van der Waals surface area (Å²) in [6, 6.07) is 6.67. The van der Waals surface area contributed by atoms with Gasteiger partial charge in [0.2, 0.25) is 0 Å². The summed E-state index contributed by atoms with van der Waals surface area (Å²) < 4.78 is 19.0. The zero-order valence-electron chi connectivity index (χ0n) is 12.0. The molecule has 1 atom stereocenters. The first-order valence-corrected chi connectivity index (χ1v) is 6.94. The monoisotopic (exact) mass is 266 g/mol. The molecule has 1 rings (SSSR count). The van der Waals surface area contributed by atoms with Gasteiger partial charge in [-0.1, -0.05) is 45.4 Å². The lowest BCUT2D eigenvalue weighted by Gasteiger charge is -2.17. The van der Waals surface area contributed by atoms with Crippen molar-refractivity contribution in [1.29, 1.82) is 0 Å². The molecule has 1 aromatic carbocycles. The fourth-order valence-electron chi connectivity index (χ4n) is 2.04. The van der Waals surface area contributed by atoms with Gasteiger partial charge >= 0.3 is 5.97 Å². The fraction of sp³-hybridized carbons (Fsp3) is 0.562. The SMILES string of the molecule is CCCC(CC(=O)OCC(C)C)c1ccccc1F. The van der Waals surface area contributed by atoms with Crippen molar-refractivity contribution in [2.24, 2.45) is 5.92 Å². The Morgan fingerprint density at radius 2 is 2.00 bits per heavy atom. The number of carbonyl (C=O) groups excluding carboxylic acids is 1. The van der Waals surface area contributed by atoms with E-state index >= 15 is 0 Å². The number of esters is 1. The van der Waals surface area contributed by atoms with Gasteiger partial charge in [-0.15, -0.1) is 0 Å². The van der Waals surface area contributed by atoms with Crippen molar-refractivity contribution in [3.63, 3.8) is 0 Å². The molecular formula is C16H23FO2. The Bertz CT molecular complexity index is 401. The van der Waals surface area contributed by atoms with Crippen LogP contribution in [0.3, 0.4) is 0 Å². The summed E-state index contributed by atoms with van der Waals surface area (Å²) in [4.78, 5) is 11.8. The molecule has 0 aliphatic carbocycles. The number of hydrogen-bond donors (Lipinski definition) is 0. The second kappa shape index (κ2) is 7.93. The molecule has 0 bridgehead atoms. The van der Waals surface area contributed by atoms with Gasteiger partial charge in [0.25, 0.3) is 0 Å². The largest absolute Gasteiger partial charge is 0.465 e. The second-order valence-corrected chi connectivity index (χ2v) is 5.29. The fourth-order valence-corrected chi connectivity index (χ4v) is 2.04. The van der Waals surface area contributed by atoms with E-state index in [1.54, 1.807) is 18.2 Å². The molecule has 0 aliphatic rings. The molecular weight excluding hydrogens is 243 g/mol. The summed E-state index contributed by atoms with van der Waals surface area (Å²) in [5.74, 6) is -0.249. The molecule has 0 N–H and O–H groups in total. The lowest BCUT2D eigenvalue weighted by molar-refractivity contribution is -0.145. The summed E-state index contributed by atoms with van der Waals surface area (Å²) in [7, 11) is 0. The maximum Gasteiger partial charge on any atom is 0.306 e. The lowest BCUT2D eigenvalue weighted by Crippen LogP contribution is -2.14. The molecule has 0 saturated carbocycles. The minimum Gasteiger partial charge on any atom is -0.465 e. The number of halogens is 1. The Morgan fingerprint density at radius 3 is 2.58 bits per heavy atom. The van der Waals surface area contributed by atoms with E-state index in [1.165, 1.54) is 6.07 Å². The van der Waals surface area contributed by atoms with E-state index < -0.39 is 0 Å². The second-order valence-electron chi connectivity index (χ2n) is 5.29. The lowest BCUT2D eigenvalue weighted by atomic mass is 9.91. The van der Waals surface area contributed by atoms with Crippen molar-refractivity contribution < 1.29 is 13.9 Å². The number of benzene rings is 1. The average molecular weight is 266 g/mol. The molecule has 0 saturated heterocycles. The van der Waals surface area contributed by atoms with Crippen molar-refractivity contribution in [1.82, 2.24) is 0 Å². The highest BCUT2D eigenvalue weighted by atomic mass is 19.1. The summed E-state index contributed by atoms with van der Waals surface area (Å²) in [5, 5.41) is 0. The number of hydrogen-bond acceptors (Lipinski definition) is 2. The zero-order chi connectivity index (χ0) is 14.3. The van der Waals surface area contributed by atoms with Crippen LogP contribution in [0.1, 0.15) is 51.5 Å². The maximum atomic E-state index is 13.8. The van der Waals surface area contributed by atoms with Gasteiger partial charge in [0, 0.05) is 0 Å². The third-order valence-corrected chi connectivity index (χ3v) is 2.97. The number of rotatable bonds is 7. The summed E-state index contributed by atoms with van der Waals surface area (Å²) in [5.41, 5.74) is 0.617. The van der Waals surface area contributed by atoms with Gasteiger partial charge in [0.05, 0.1) is 13.0 Å². The summed E-state index contributed by atoms with van der Waals surface area (Å²) >= 11 is 0. The number of carbonyl (C=O) groups is 1. The molecule has 1 unspecified atom stereocenters. The minimum atomic E-state index is -0.240. The molecule has 106 valence electrons. The van der Waals surface area contributed by atoms with Crippen molar-refractivity contribution in [2.75, 3.05) is 6.61 Å². The quantitative estimate of drug-likeness (QED) is 0.688. The Morgan fingerprint density at radius 1 is 1.32 bits per heavy atom. The molecule has 0 amide bonds. The van der Waals surface area contributed by atoms with Crippen molar-refractivity contribution >= 4 is 5.97 Å². The van der Waals surface area contributed by atoms with E-state index in [1.807, 2.05) is 20.8 Å². The highest BCUT2D eigenvalue weighted by Gasteiger charge is 2.19. The van der Waals surface area contributed by atoms with E-state index in [0.29, 0.717) is 18.1 Å². The van der Waals surface area contributed by atoms with Crippen LogP contribution in [-0.2, 0) is 9.53 Å². The van der Waals surface area contributed by atoms with Crippen molar-refractivity contribution in [3.8, 4) is 0 Å². The van der Waals surface area contributed by atoms with E-state index in [0.717, 1.165) is 12.8 Å². The summed E-state index contributed by atoms with van der Waals surface area (Å²) in [6.45, 7) is 6.45. The van der Waals surface area contributed by atoms with Crippen LogP contribution in [0, 0.1) is 11.7 Å². The van der Waals surface area contributed by atoms with E-state index in [4.69, 9.17) is 4.74 Å². The van der Waals surface area contributed by atoms with Gasteiger partial charge in [0.15, 0.2) is 0 Å². The first-order valence-electron chi connectivity index (χ1n) is 6.94. The third-order valence-electron chi connectivity index (χ3n) is 2.97. The standard InChI is InChI=1S/C16H23FO2/c1-4-7-13(10-16(18)19-11-12(2)3)14-8-5-6-9-15(14)17/h5-6,8-9,12-13H,4,7,10-11H2,1-3H3. The smallest absolute Gasteiger partial charge is 0.306 e. The highest BCUT2D eigenvalue weighted by molar-refractivity contribution is 5.70. The van der Waals surface area contributed by atoms with Crippen LogP contribution in [0.2, 0.25) is 0 Å². The molecule has 19 heavy (non-hydrogen) atoms. The van der Waals surface area contributed by atoms with Crippen LogP contribution >= 0.6 is 0 Å². The Labute approximate surface area is 115 Å². The van der Waals surface area contributed by atoms with Gasteiger partial charge in [-0.3, -0.25) is 4.79 Å². The third kappa shape index (κ3) is 5.41. The van der Waals surface area contributed by atoms with Crippen molar-refractivity contribution in [3.05, 3.63) is 35.6 Å².